The molecule has 6 heteroatoms. The Morgan fingerprint density at radius 1 is 1.03 bits per heavy atom. The Kier molecular flexibility index (Phi) is 7.22. The van der Waals surface area contributed by atoms with Crippen molar-refractivity contribution >= 4 is 17.5 Å². The lowest BCUT2D eigenvalue weighted by Gasteiger charge is -2.16. The van der Waals surface area contributed by atoms with Gasteiger partial charge in [-0.05, 0) is 51.0 Å². The summed E-state index contributed by atoms with van der Waals surface area (Å²) in [5, 5.41) is 5.93. The number of carbonyl (C=O) groups excluding carboxylic acids is 2. The van der Waals surface area contributed by atoms with Crippen molar-refractivity contribution in [3.05, 3.63) is 53.9 Å². The fraction of sp³-hybridized carbons (Fsp3) is 0.435. The molecule has 1 aromatic heterocycles. The van der Waals surface area contributed by atoms with E-state index in [9.17, 15) is 9.59 Å². The Hall–Kier alpha value is -2.89. The van der Waals surface area contributed by atoms with E-state index in [0.717, 1.165) is 25.7 Å². The third-order valence-corrected chi connectivity index (χ3v) is 4.94. The first-order valence-electron chi connectivity index (χ1n) is 10.4. The quantitative estimate of drug-likeness (QED) is 0.702. The van der Waals surface area contributed by atoms with Gasteiger partial charge in [-0.25, -0.2) is 0 Å². The summed E-state index contributed by atoms with van der Waals surface area (Å²) >= 11 is 0. The van der Waals surface area contributed by atoms with E-state index in [2.05, 4.69) is 15.6 Å². The van der Waals surface area contributed by atoms with Crippen LogP contribution < -0.4 is 15.4 Å². The van der Waals surface area contributed by atoms with Crippen LogP contribution in [0.1, 0.15) is 73.2 Å². The van der Waals surface area contributed by atoms with Gasteiger partial charge in [-0.1, -0.05) is 37.8 Å². The van der Waals surface area contributed by atoms with Gasteiger partial charge in [0.25, 0.3) is 11.8 Å². The van der Waals surface area contributed by atoms with Crippen molar-refractivity contribution in [3.8, 4) is 5.75 Å². The Labute approximate surface area is 172 Å². The second-order valence-electron chi connectivity index (χ2n) is 7.71. The molecule has 0 unspecified atom stereocenters. The monoisotopic (exact) mass is 395 g/mol. The first-order chi connectivity index (χ1) is 14.0. The standard InChI is InChI=1S/C23H29N3O3/c1-16(2)29-21-12-8-7-11-19(21)26-23(28)20-15-17(13-14-24-20)22(27)25-18-9-5-3-4-6-10-18/h7-8,11-16,18H,3-6,9-10H2,1-2H3,(H,25,27)(H,26,28). The number of para-hydroxylation sites is 2. The molecule has 154 valence electrons. The largest absolute Gasteiger partial charge is 0.489 e. The second-order valence-corrected chi connectivity index (χ2v) is 7.71. The summed E-state index contributed by atoms with van der Waals surface area (Å²) in [6.07, 6.45) is 8.25. The highest BCUT2D eigenvalue weighted by Crippen LogP contribution is 2.25. The van der Waals surface area contributed by atoms with E-state index in [0.29, 0.717) is 17.0 Å². The van der Waals surface area contributed by atoms with Crippen molar-refractivity contribution in [3.63, 3.8) is 0 Å². The Bertz CT molecular complexity index is 843. The van der Waals surface area contributed by atoms with Gasteiger partial charge in [0.05, 0.1) is 11.8 Å². The van der Waals surface area contributed by atoms with Gasteiger partial charge in [0.1, 0.15) is 11.4 Å². The van der Waals surface area contributed by atoms with E-state index in [1.807, 2.05) is 26.0 Å². The van der Waals surface area contributed by atoms with E-state index >= 15 is 0 Å². The van der Waals surface area contributed by atoms with Crippen LogP contribution in [0.3, 0.4) is 0 Å². The molecule has 2 amide bonds. The molecule has 0 bridgehead atoms. The van der Waals surface area contributed by atoms with E-state index in [1.165, 1.54) is 25.1 Å². The van der Waals surface area contributed by atoms with Gasteiger partial charge in [-0.2, -0.15) is 0 Å². The van der Waals surface area contributed by atoms with Crippen molar-refractivity contribution in [2.24, 2.45) is 0 Å². The first kappa shape index (κ1) is 20.8. The number of anilines is 1. The zero-order valence-electron chi connectivity index (χ0n) is 17.1. The molecule has 6 nitrogen and oxygen atoms in total. The topological polar surface area (TPSA) is 80.3 Å². The predicted molar refractivity (Wildman–Crippen MR) is 113 cm³/mol. The molecular formula is C23H29N3O3. The van der Waals surface area contributed by atoms with Crippen molar-refractivity contribution in [1.82, 2.24) is 10.3 Å². The molecule has 1 aliphatic rings. The lowest BCUT2D eigenvalue weighted by Crippen LogP contribution is -2.34. The van der Waals surface area contributed by atoms with Crippen LogP contribution in [0, 0.1) is 0 Å². The smallest absolute Gasteiger partial charge is 0.274 e. The SMILES string of the molecule is CC(C)Oc1ccccc1NC(=O)c1cc(C(=O)NC2CCCCCC2)ccn1. The van der Waals surface area contributed by atoms with E-state index < -0.39 is 0 Å². The van der Waals surface area contributed by atoms with Gasteiger partial charge in [0, 0.05) is 17.8 Å². The molecule has 0 radical (unpaired) electrons. The van der Waals surface area contributed by atoms with Gasteiger partial charge in [0.2, 0.25) is 0 Å². The minimum absolute atomic E-state index is 0.0119. The van der Waals surface area contributed by atoms with E-state index in [4.69, 9.17) is 4.74 Å². The lowest BCUT2D eigenvalue weighted by molar-refractivity contribution is 0.0933. The van der Waals surface area contributed by atoms with Crippen molar-refractivity contribution in [2.75, 3.05) is 5.32 Å². The lowest BCUT2D eigenvalue weighted by atomic mass is 10.1. The molecule has 29 heavy (non-hydrogen) atoms. The Morgan fingerprint density at radius 2 is 1.76 bits per heavy atom. The molecule has 2 aromatic rings. The number of benzene rings is 1. The number of aromatic nitrogens is 1. The highest BCUT2D eigenvalue weighted by Gasteiger charge is 2.18. The molecule has 1 saturated carbocycles. The predicted octanol–water partition coefficient (Wildman–Crippen LogP) is 4.57. The summed E-state index contributed by atoms with van der Waals surface area (Å²) in [5.41, 5.74) is 1.21. The van der Waals surface area contributed by atoms with Crippen molar-refractivity contribution < 1.29 is 14.3 Å². The third kappa shape index (κ3) is 6.04. The molecule has 1 heterocycles. The molecular weight excluding hydrogens is 366 g/mol. The minimum Gasteiger partial charge on any atom is -0.489 e. The first-order valence-corrected chi connectivity index (χ1v) is 10.4. The molecule has 2 N–H and O–H groups in total. The molecule has 0 saturated heterocycles. The van der Waals surface area contributed by atoms with Crippen LogP contribution in [0.4, 0.5) is 5.69 Å². The van der Waals surface area contributed by atoms with Crippen LogP contribution in [-0.4, -0.2) is 28.9 Å². The average Bonchev–Trinajstić information content (AvgIpc) is 2.98. The van der Waals surface area contributed by atoms with E-state index in [-0.39, 0.29) is 29.7 Å². The number of ether oxygens (including phenoxy) is 1. The van der Waals surface area contributed by atoms with Crippen LogP contribution in [0.2, 0.25) is 0 Å². The average molecular weight is 396 g/mol. The minimum atomic E-state index is -0.381. The number of nitrogens with one attached hydrogen (secondary N) is 2. The third-order valence-electron chi connectivity index (χ3n) is 4.94. The maximum Gasteiger partial charge on any atom is 0.274 e. The fourth-order valence-electron chi connectivity index (χ4n) is 3.50. The molecule has 3 rings (SSSR count). The number of nitrogens with zero attached hydrogens (tertiary/aromatic N) is 1. The molecule has 1 aliphatic carbocycles. The second kappa shape index (κ2) is 10.0. The highest BCUT2D eigenvalue weighted by molar-refractivity contribution is 6.05. The van der Waals surface area contributed by atoms with Crippen LogP contribution in [0.15, 0.2) is 42.6 Å². The highest BCUT2D eigenvalue weighted by atomic mass is 16.5. The Balaban J connectivity index is 1.69. The summed E-state index contributed by atoms with van der Waals surface area (Å²) in [4.78, 5) is 29.5. The normalized spacial score (nSPS) is 14.9. The number of pyridine rings is 1. The zero-order chi connectivity index (χ0) is 20.6. The zero-order valence-corrected chi connectivity index (χ0v) is 17.1. The summed E-state index contributed by atoms with van der Waals surface area (Å²) in [5.74, 6) is 0.0592. The van der Waals surface area contributed by atoms with Crippen LogP contribution in [0.25, 0.3) is 0 Å². The number of amides is 2. The molecule has 1 aromatic carbocycles. The number of rotatable bonds is 6. The maximum atomic E-state index is 12.7. The van der Waals surface area contributed by atoms with Gasteiger partial charge in [-0.3, -0.25) is 14.6 Å². The van der Waals surface area contributed by atoms with Gasteiger partial charge < -0.3 is 15.4 Å². The van der Waals surface area contributed by atoms with E-state index in [1.54, 1.807) is 18.2 Å². The van der Waals surface area contributed by atoms with Crippen molar-refractivity contribution in [2.45, 2.75) is 64.5 Å². The molecule has 1 fully saturated rings. The van der Waals surface area contributed by atoms with Gasteiger partial charge in [0.15, 0.2) is 0 Å². The van der Waals surface area contributed by atoms with Gasteiger partial charge >= 0.3 is 0 Å². The van der Waals surface area contributed by atoms with Crippen molar-refractivity contribution in [1.29, 1.82) is 0 Å². The summed E-state index contributed by atoms with van der Waals surface area (Å²) in [7, 11) is 0. The molecule has 0 aliphatic heterocycles. The molecule has 0 atom stereocenters. The molecule has 0 spiro atoms. The summed E-state index contributed by atoms with van der Waals surface area (Å²) < 4.78 is 5.74. The number of carbonyl (C=O) groups is 2. The van der Waals surface area contributed by atoms with Crippen LogP contribution in [0.5, 0.6) is 5.75 Å². The summed E-state index contributed by atoms with van der Waals surface area (Å²) in [6.45, 7) is 3.85. The fourth-order valence-corrected chi connectivity index (χ4v) is 3.50. The number of hydrogen-bond acceptors (Lipinski definition) is 4. The van der Waals surface area contributed by atoms with Crippen LogP contribution in [-0.2, 0) is 0 Å². The number of hydrogen-bond donors (Lipinski definition) is 2. The van der Waals surface area contributed by atoms with Crippen LogP contribution >= 0.6 is 0 Å². The maximum absolute atomic E-state index is 12.7. The summed E-state index contributed by atoms with van der Waals surface area (Å²) in [6, 6.07) is 10.6. The van der Waals surface area contributed by atoms with Gasteiger partial charge in [-0.15, -0.1) is 0 Å². The Morgan fingerprint density at radius 3 is 2.48 bits per heavy atom.